The molecule has 24 heavy (non-hydrogen) atoms. The van der Waals surface area contributed by atoms with Crippen LogP contribution in [0.1, 0.15) is 31.2 Å². The first-order valence-corrected chi connectivity index (χ1v) is 8.12. The number of fused-ring (bicyclic) bond motifs is 1. The van der Waals surface area contributed by atoms with Gasteiger partial charge >= 0.3 is 0 Å². The van der Waals surface area contributed by atoms with Gasteiger partial charge in [-0.2, -0.15) is 0 Å². The molecule has 3 aliphatic rings. The predicted molar refractivity (Wildman–Crippen MR) is 85.2 cm³/mol. The zero-order valence-electron chi connectivity index (χ0n) is 13.6. The Labute approximate surface area is 139 Å². The van der Waals surface area contributed by atoms with E-state index in [1.807, 2.05) is 0 Å². The molecule has 1 aromatic carbocycles. The van der Waals surface area contributed by atoms with Gasteiger partial charge in [0, 0.05) is 25.3 Å². The van der Waals surface area contributed by atoms with Crippen molar-refractivity contribution in [1.82, 2.24) is 4.90 Å². The number of benzene rings is 1. The molecule has 1 amide bonds. The van der Waals surface area contributed by atoms with Crippen LogP contribution in [0.5, 0.6) is 0 Å². The molecule has 1 aliphatic carbocycles. The Balaban J connectivity index is 0.000000508. The van der Waals surface area contributed by atoms with E-state index in [9.17, 15) is 13.6 Å². The van der Waals surface area contributed by atoms with Crippen molar-refractivity contribution in [2.24, 2.45) is 16.6 Å². The van der Waals surface area contributed by atoms with Gasteiger partial charge in [0.1, 0.15) is 17.2 Å². The standard InChI is InChI=1S/C14H15F2N3O2.C3H6/c1-19-12(20)10-4-5-21-7-14(10,18-13(19)17)9-3-2-8(15)6-11(9)16;1-2-3-1/h2-3,6,10H,4-5,7H2,1H3,(H2,17,18);1-3H2. The van der Waals surface area contributed by atoms with Crippen LogP contribution in [0, 0.1) is 17.6 Å². The Hall–Kier alpha value is -2.02. The molecule has 0 aromatic heterocycles. The minimum atomic E-state index is -1.22. The van der Waals surface area contributed by atoms with Crippen molar-refractivity contribution in [3.8, 4) is 0 Å². The van der Waals surface area contributed by atoms with E-state index < -0.39 is 23.1 Å². The summed E-state index contributed by atoms with van der Waals surface area (Å²) in [5.74, 6) is -2.22. The van der Waals surface area contributed by atoms with Crippen LogP contribution in [-0.4, -0.2) is 37.0 Å². The van der Waals surface area contributed by atoms with E-state index in [1.165, 1.54) is 37.3 Å². The zero-order valence-corrected chi connectivity index (χ0v) is 13.6. The summed E-state index contributed by atoms with van der Waals surface area (Å²) in [7, 11) is 1.53. The highest BCUT2D eigenvalue weighted by molar-refractivity contribution is 6.00. The van der Waals surface area contributed by atoms with Gasteiger partial charge in [0.2, 0.25) is 5.91 Å². The molecule has 0 radical (unpaired) electrons. The highest BCUT2D eigenvalue weighted by Crippen LogP contribution is 2.43. The molecule has 2 fully saturated rings. The number of carbonyl (C=O) groups is 1. The molecule has 4 rings (SSSR count). The van der Waals surface area contributed by atoms with Crippen molar-refractivity contribution in [3.63, 3.8) is 0 Å². The second-order valence-corrected chi connectivity index (χ2v) is 6.37. The van der Waals surface area contributed by atoms with Gasteiger partial charge in [-0.15, -0.1) is 0 Å². The van der Waals surface area contributed by atoms with Crippen LogP contribution in [0.2, 0.25) is 0 Å². The van der Waals surface area contributed by atoms with Crippen molar-refractivity contribution in [2.45, 2.75) is 31.2 Å². The second-order valence-electron chi connectivity index (χ2n) is 6.37. The number of nitrogens with zero attached hydrogens (tertiary/aromatic N) is 2. The number of ether oxygens (including phenoxy) is 1. The fraction of sp³-hybridized carbons (Fsp3) is 0.529. The van der Waals surface area contributed by atoms with Gasteiger partial charge < -0.3 is 10.5 Å². The van der Waals surface area contributed by atoms with Gasteiger partial charge in [-0.1, -0.05) is 25.3 Å². The normalized spacial score (nSPS) is 28.5. The fourth-order valence-electron chi connectivity index (χ4n) is 3.00. The van der Waals surface area contributed by atoms with Crippen LogP contribution in [0.25, 0.3) is 0 Å². The second kappa shape index (κ2) is 6.47. The van der Waals surface area contributed by atoms with Crippen molar-refractivity contribution in [3.05, 3.63) is 35.4 Å². The monoisotopic (exact) mass is 337 g/mol. The molecule has 1 aromatic rings. The molecule has 0 spiro atoms. The molecule has 0 bridgehead atoms. The number of hydrogen-bond acceptors (Lipinski definition) is 4. The summed E-state index contributed by atoms with van der Waals surface area (Å²) < 4.78 is 32.8. The molecule has 1 saturated heterocycles. The minimum absolute atomic E-state index is 0.00507. The lowest BCUT2D eigenvalue weighted by atomic mass is 9.74. The average Bonchev–Trinajstić information content (AvgIpc) is 3.41. The largest absolute Gasteiger partial charge is 0.379 e. The summed E-state index contributed by atoms with van der Waals surface area (Å²) >= 11 is 0. The lowest BCUT2D eigenvalue weighted by Crippen LogP contribution is -2.58. The van der Waals surface area contributed by atoms with E-state index in [0.29, 0.717) is 13.0 Å². The van der Waals surface area contributed by atoms with E-state index >= 15 is 0 Å². The molecule has 1 saturated carbocycles. The number of nitrogens with two attached hydrogens (primary N) is 1. The number of amides is 1. The molecule has 2 atom stereocenters. The topological polar surface area (TPSA) is 67.9 Å². The number of halogens is 2. The summed E-state index contributed by atoms with van der Waals surface area (Å²) in [5.41, 5.74) is 4.70. The highest BCUT2D eigenvalue weighted by atomic mass is 19.1. The van der Waals surface area contributed by atoms with Gasteiger partial charge in [0.15, 0.2) is 5.96 Å². The van der Waals surface area contributed by atoms with Crippen LogP contribution < -0.4 is 5.73 Å². The molecule has 2 heterocycles. The Morgan fingerprint density at radius 1 is 1.33 bits per heavy atom. The lowest BCUT2D eigenvalue weighted by molar-refractivity contribution is -0.140. The molecule has 7 heteroatoms. The lowest BCUT2D eigenvalue weighted by Gasteiger charge is -2.45. The maximum absolute atomic E-state index is 14.2. The third kappa shape index (κ3) is 3.00. The van der Waals surface area contributed by atoms with E-state index in [1.54, 1.807) is 0 Å². The Bertz CT molecular complexity index is 675. The predicted octanol–water partition coefficient (Wildman–Crippen LogP) is 2.15. The number of guanidine groups is 1. The maximum Gasteiger partial charge on any atom is 0.235 e. The van der Waals surface area contributed by atoms with Gasteiger partial charge in [0.05, 0.1) is 12.5 Å². The van der Waals surface area contributed by atoms with Crippen molar-refractivity contribution < 1.29 is 18.3 Å². The molecular weight excluding hydrogens is 316 g/mol. The van der Waals surface area contributed by atoms with Gasteiger partial charge in [0.25, 0.3) is 0 Å². The third-order valence-electron chi connectivity index (χ3n) is 4.49. The maximum atomic E-state index is 14.2. The van der Waals surface area contributed by atoms with E-state index in [-0.39, 0.29) is 24.0 Å². The number of carbonyl (C=O) groups excluding carboxylic acids is 1. The Morgan fingerprint density at radius 2 is 2.04 bits per heavy atom. The summed E-state index contributed by atoms with van der Waals surface area (Å²) in [6, 6.07) is 3.24. The summed E-state index contributed by atoms with van der Waals surface area (Å²) in [6.07, 6.45) is 4.91. The first-order valence-electron chi connectivity index (χ1n) is 8.12. The molecular formula is C17H21F2N3O2. The minimum Gasteiger partial charge on any atom is -0.379 e. The van der Waals surface area contributed by atoms with Crippen LogP contribution in [0.3, 0.4) is 0 Å². The fourth-order valence-corrected chi connectivity index (χ4v) is 3.00. The van der Waals surface area contributed by atoms with Gasteiger partial charge in [-0.3, -0.25) is 9.69 Å². The van der Waals surface area contributed by atoms with E-state index in [2.05, 4.69) is 4.99 Å². The molecule has 2 unspecified atom stereocenters. The number of rotatable bonds is 1. The van der Waals surface area contributed by atoms with Crippen LogP contribution >= 0.6 is 0 Å². The van der Waals surface area contributed by atoms with Crippen LogP contribution in [-0.2, 0) is 15.1 Å². The first kappa shape index (κ1) is 16.8. The summed E-state index contributed by atoms with van der Waals surface area (Å²) in [4.78, 5) is 18.0. The summed E-state index contributed by atoms with van der Waals surface area (Å²) in [6.45, 7) is 0.435. The number of aliphatic imine (C=N–C) groups is 1. The summed E-state index contributed by atoms with van der Waals surface area (Å²) in [5, 5.41) is 0. The van der Waals surface area contributed by atoms with Crippen molar-refractivity contribution >= 4 is 11.9 Å². The SMILES string of the molecule is C1CC1.CN1C(=O)C2CCOCC2(c2ccc(F)cc2F)N=C1N. The van der Waals surface area contributed by atoms with Gasteiger partial charge in [-0.25, -0.2) is 13.8 Å². The zero-order chi connectivity index (χ0) is 17.3. The molecule has 5 nitrogen and oxygen atoms in total. The quantitative estimate of drug-likeness (QED) is 0.854. The average molecular weight is 337 g/mol. The molecule has 2 aliphatic heterocycles. The Morgan fingerprint density at radius 3 is 2.67 bits per heavy atom. The highest BCUT2D eigenvalue weighted by Gasteiger charge is 2.52. The Kier molecular flexibility index (Phi) is 4.54. The number of hydrogen-bond donors (Lipinski definition) is 1. The van der Waals surface area contributed by atoms with Gasteiger partial charge in [-0.05, 0) is 12.5 Å². The molecule has 2 N–H and O–H groups in total. The first-order chi connectivity index (χ1) is 11.5. The van der Waals surface area contributed by atoms with Crippen LogP contribution in [0.4, 0.5) is 8.78 Å². The van der Waals surface area contributed by atoms with E-state index in [0.717, 1.165) is 12.1 Å². The van der Waals surface area contributed by atoms with Crippen LogP contribution in [0.15, 0.2) is 23.2 Å². The smallest absolute Gasteiger partial charge is 0.235 e. The van der Waals surface area contributed by atoms with E-state index in [4.69, 9.17) is 10.5 Å². The van der Waals surface area contributed by atoms with Crippen molar-refractivity contribution in [1.29, 1.82) is 0 Å². The third-order valence-corrected chi connectivity index (χ3v) is 4.49. The van der Waals surface area contributed by atoms with Crippen molar-refractivity contribution in [2.75, 3.05) is 20.3 Å². The molecule has 130 valence electrons.